The Labute approximate surface area is 119 Å². The molecule has 3 rings (SSSR count). The summed E-state index contributed by atoms with van der Waals surface area (Å²) < 4.78 is 5.18. The van der Waals surface area contributed by atoms with E-state index < -0.39 is 5.41 Å². The summed E-state index contributed by atoms with van der Waals surface area (Å²) in [6, 6.07) is 7.90. The van der Waals surface area contributed by atoms with E-state index in [0.717, 1.165) is 17.7 Å². The van der Waals surface area contributed by atoms with Gasteiger partial charge in [0.1, 0.15) is 11.5 Å². The minimum Gasteiger partial charge on any atom is -0.497 e. The molecule has 106 valence electrons. The summed E-state index contributed by atoms with van der Waals surface area (Å²) in [6.07, 6.45) is 1.96. The molecule has 2 fully saturated rings. The zero-order chi connectivity index (χ0) is 14.5. The van der Waals surface area contributed by atoms with E-state index in [0.29, 0.717) is 12.8 Å². The van der Waals surface area contributed by atoms with E-state index >= 15 is 0 Å². The van der Waals surface area contributed by atoms with E-state index in [9.17, 15) is 9.59 Å². The number of benzene rings is 1. The minimum absolute atomic E-state index is 0.129. The first-order valence-corrected chi connectivity index (χ1v) is 7.14. The number of hydrogen-bond acceptors (Lipinski definition) is 3. The van der Waals surface area contributed by atoms with Crippen molar-refractivity contribution in [3.05, 3.63) is 29.8 Å². The second-order valence-electron chi connectivity index (χ2n) is 6.52. The molecular weight excluding hydrogens is 252 g/mol. The molecule has 0 spiro atoms. The van der Waals surface area contributed by atoms with Crippen LogP contribution in [0, 0.1) is 11.3 Å². The van der Waals surface area contributed by atoms with Crippen LogP contribution in [-0.2, 0) is 15.0 Å². The predicted molar refractivity (Wildman–Crippen MR) is 75.8 cm³/mol. The molecule has 0 aliphatic heterocycles. The highest BCUT2D eigenvalue weighted by Crippen LogP contribution is 2.55. The van der Waals surface area contributed by atoms with E-state index in [2.05, 4.69) is 6.92 Å². The molecular formula is C17H20O3. The van der Waals surface area contributed by atoms with Crippen molar-refractivity contribution >= 4 is 11.6 Å². The fourth-order valence-electron chi connectivity index (χ4n) is 3.80. The molecule has 20 heavy (non-hydrogen) atoms. The van der Waals surface area contributed by atoms with Crippen LogP contribution in [0.3, 0.4) is 0 Å². The van der Waals surface area contributed by atoms with Crippen molar-refractivity contribution < 1.29 is 14.3 Å². The Balaban J connectivity index is 2.00. The minimum atomic E-state index is -0.712. The molecule has 3 heteroatoms. The fourth-order valence-corrected chi connectivity index (χ4v) is 3.80. The molecule has 0 saturated heterocycles. The van der Waals surface area contributed by atoms with Crippen LogP contribution in [0.5, 0.6) is 5.75 Å². The number of Topliss-reactive ketones (excluding diaryl/α,β-unsaturated/α-hetero) is 2. The number of ketones is 2. The SMILES string of the molecule is COc1ccc([C@]2(C)CC[C@]3(C)C(=O)C[C@H]2C3=O)cc1. The average molecular weight is 272 g/mol. The second kappa shape index (κ2) is 4.18. The van der Waals surface area contributed by atoms with E-state index in [4.69, 9.17) is 4.74 Å². The lowest BCUT2D eigenvalue weighted by Crippen LogP contribution is -2.44. The number of carbonyl (C=O) groups is 2. The largest absolute Gasteiger partial charge is 0.497 e. The number of methoxy groups -OCH3 is 1. The van der Waals surface area contributed by atoms with Gasteiger partial charge in [-0.2, -0.15) is 0 Å². The first kappa shape index (κ1) is 13.3. The molecule has 1 aromatic carbocycles. The van der Waals surface area contributed by atoms with Crippen LogP contribution in [0.2, 0.25) is 0 Å². The Morgan fingerprint density at radius 3 is 2.35 bits per heavy atom. The number of ether oxygens (including phenoxy) is 1. The molecule has 0 radical (unpaired) electrons. The molecule has 2 aliphatic rings. The normalized spacial score (nSPS) is 36.2. The summed E-state index contributed by atoms with van der Waals surface area (Å²) in [6.45, 7) is 3.95. The molecule has 3 nitrogen and oxygen atoms in total. The monoisotopic (exact) mass is 272 g/mol. The van der Waals surface area contributed by atoms with Crippen LogP contribution in [0.25, 0.3) is 0 Å². The first-order valence-electron chi connectivity index (χ1n) is 7.14. The second-order valence-corrected chi connectivity index (χ2v) is 6.52. The van der Waals surface area contributed by atoms with Crippen molar-refractivity contribution in [1.82, 2.24) is 0 Å². The highest BCUT2D eigenvalue weighted by atomic mass is 16.5. The molecule has 2 bridgehead atoms. The van der Waals surface area contributed by atoms with Gasteiger partial charge in [0.2, 0.25) is 0 Å². The smallest absolute Gasteiger partial charge is 0.150 e. The standard InChI is InChI=1S/C17H20O3/c1-16(11-4-6-12(20-3)7-5-11)8-9-17(2)14(18)10-13(16)15(17)19/h4-7,13H,8-10H2,1-3H3/t13-,16-,17+/m0/s1. The molecule has 2 saturated carbocycles. The Hall–Kier alpha value is -1.64. The van der Waals surface area contributed by atoms with Gasteiger partial charge in [0, 0.05) is 17.8 Å². The first-order chi connectivity index (χ1) is 9.41. The molecule has 0 unspecified atom stereocenters. The predicted octanol–water partition coefficient (Wildman–Crippen LogP) is 2.91. The quantitative estimate of drug-likeness (QED) is 0.777. The summed E-state index contributed by atoms with van der Waals surface area (Å²) in [5, 5.41) is 0. The number of rotatable bonds is 2. The van der Waals surface area contributed by atoms with E-state index in [1.54, 1.807) is 7.11 Å². The fraction of sp³-hybridized carbons (Fsp3) is 0.529. The summed E-state index contributed by atoms with van der Waals surface area (Å²) in [4.78, 5) is 24.8. The average Bonchev–Trinajstić information content (AvgIpc) is 2.62. The molecule has 1 aromatic rings. The van der Waals surface area contributed by atoms with Gasteiger partial charge in [0.25, 0.3) is 0 Å². The van der Waals surface area contributed by atoms with Crippen LogP contribution >= 0.6 is 0 Å². The highest BCUT2D eigenvalue weighted by Gasteiger charge is 2.60. The third-order valence-electron chi connectivity index (χ3n) is 5.53. The van der Waals surface area contributed by atoms with Crippen LogP contribution in [0.4, 0.5) is 0 Å². The lowest BCUT2D eigenvalue weighted by Gasteiger charge is -2.41. The van der Waals surface area contributed by atoms with Crippen molar-refractivity contribution in [3.8, 4) is 5.75 Å². The molecule has 0 aromatic heterocycles. The number of carbonyl (C=O) groups excluding carboxylic acids is 2. The zero-order valence-corrected chi connectivity index (χ0v) is 12.2. The van der Waals surface area contributed by atoms with Crippen molar-refractivity contribution in [2.75, 3.05) is 7.11 Å². The molecule has 0 heterocycles. The molecule has 0 amide bonds. The Bertz CT molecular complexity index is 574. The van der Waals surface area contributed by atoms with E-state index in [1.165, 1.54) is 0 Å². The van der Waals surface area contributed by atoms with Crippen molar-refractivity contribution in [2.24, 2.45) is 11.3 Å². The van der Waals surface area contributed by atoms with Gasteiger partial charge in [-0.05, 0) is 37.5 Å². The van der Waals surface area contributed by atoms with Gasteiger partial charge >= 0.3 is 0 Å². The lowest BCUT2D eigenvalue weighted by atomic mass is 9.60. The van der Waals surface area contributed by atoms with Gasteiger partial charge in [-0.1, -0.05) is 19.1 Å². The zero-order valence-electron chi connectivity index (χ0n) is 12.2. The van der Waals surface area contributed by atoms with Crippen LogP contribution in [-0.4, -0.2) is 18.7 Å². The van der Waals surface area contributed by atoms with Gasteiger partial charge in [-0.15, -0.1) is 0 Å². The maximum Gasteiger partial charge on any atom is 0.150 e. The number of hydrogen-bond donors (Lipinski definition) is 0. The maximum absolute atomic E-state index is 12.6. The Morgan fingerprint density at radius 1 is 1.10 bits per heavy atom. The third-order valence-corrected chi connectivity index (χ3v) is 5.53. The van der Waals surface area contributed by atoms with Crippen molar-refractivity contribution in [2.45, 2.75) is 38.5 Å². The summed E-state index contributed by atoms with van der Waals surface area (Å²) in [5.74, 6) is 0.922. The Morgan fingerprint density at radius 2 is 1.75 bits per heavy atom. The van der Waals surface area contributed by atoms with E-state index in [1.807, 2.05) is 31.2 Å². The summed E-state index contributed by atoms with van der Waals surface area (Å²) in [7, 11) is 1.64. The highest BCUT2D eigenvalue weighted by molar-refractivity contribution is 6.15. The molecule has 0 N–H and O–H groups in total. The van der Waals surface area contributed by atoms with Gasteiger partial charge in [-0.3, -0.25) is 9.59 Å². The van der Waals surface area contributed by atoms with Gasteiger partial charge in [0.05, 0.1) is 12.5 Å². The van der Waals surface area contributed by atoms with Crippen LogP contribution in [0.1, 0.15) is 38.7 Å². The van der Waals surface area contributed by atoms with E-state index in [-0.39, 0.29) is 22.9 Å². The topological polar surface area (TPSA) is 43.4 Å². The van der Waals surface area contributed by atoms with Gasteiger partial charge < -0.3 is 4.74 Å². The maximum atomic E-state index is 12.6. The molecule has 2 aliphatic carbocycles. The third kappa shape index (κ3) is 1.58. The van der Waals surface area contributed by atoms with Crippen LogP contribution in [0.15, 0.2) is 24.3 Å². The Kier molecular flexibility index (Phi) is 2.79. The molecule has 3 atom stereocenters. The number of fused-ring (bicyclic) bond motifs is 2. The van der Waals surface area contributed by atoms with Crippen molar-refractivity contribution in [1.29, 1.82) is 0 Å². The lowest BCUT2D eigenvalue weighted by molar-refractivity contribution is -0.138. The van der Waals surface area contributed by atoms with Gasteiger partial charge in [-0.25, -0.2) is 0 Å². The van der Waals surface area contributed by atoms with Gasteiger partial charge in [0.15, 0.2) is 5.78 Å². The van der Waals surface area contributed by atoms with Crippen molar-refractivity contribution in [3.63, 3.8) is 0 Å². The van der Waals surface area contributed by atoms with Crippen LogP contribution < -0.4 is 4.74 Å². The summed E-state index contributed by atoms with van der Waals surface area (Å²) in [5.41, 5.74) is 0.194. The summed E-state index contributed by atoms with van der Waals surface area (Å²) >= 11 is 0.